The predicted octanol–water partition coefficient (Wildman–Crippen LogP) is 0.996. The van der Waals surface area contributed by atoms with Crippen molar-refractivity contribution in [2.24, 2.45) is 11.3 Å². The molecule has 0 aromatic rings. The lowest BCUT2D eigenvalue weighted by atomic mass is 9.59. The molecule has 0 bridgehead atoms. The van der Waals surface area contributed by atoms with Gasteiger partial charge in [-0.3, -0.25) is 9.59 Å². The van der Waals surface area contributed by atoms with E-state index in [1.807, 2.05) is 0 Å². The molecule has 0 amide bonds. The van der Waals surface area contributed by atoms with E-state index >= 15 is 0 Å². The van der Waals surface area contributed by atoms with Crippen LogP contribution in [0.2, 0.25) is 0 Å². The molecule has 3 heteroatoms. The zero-order valence-corrected chi connectivity index (χ0v) is 6.67. The molecule has 64 valence electrons. The van der Waals surface area contributed by atoms with Crippen molar-refractivity contribution in [1.82, 2.24) is 0 Å². The molecule has 3 nitrogen and oxygen atoms in total. The van der Waals surface area contributed by atoms with Crippen LogP contribution in [0.15, 0.2) is 12.2 Å². The van der Waals surface area contributed by atoms with Gasteiger partial charge in [0.25, 0.3) is 0 Å². The standard InChI is InChI=1S/C9H10O3/c1-5-4-9(8(11)12)6(5)2-3-7(9)10/h6H,1-4H2,(H,11,12). The third-order valence-electron chi connectivity index (χ3n) is 3.13. The van der Waals surface area contributed by atoms with Gasteiger partial charge in [0.05, 0.1) is 0 Å². The highest BCUT2D eigenvalue weighted by Crippen LogP contribution is 2.58. The van der Waals surface area contributed by atoms with Gasteiger partial charge >= 0.3 is 5.97 Å². The van der Waals surface area contributed by atoms with Crippen molar-refractivity contribution in [3.05, 3.63) is 12.2 Å². The average molecular weight is 166 g/mol. The van der Waals surface area contributed by atoms with Crippen LogP contribution >= 0.6 is 0 Å². The van der Waals surface area contributed by atoms with Crippen LogP contribution < -0.4 is 0 Å². The molecule has 2 fully saturated rings. The molecule has 2 saturated carbocycles. The maximum atomic E-state index is 11.3. The lowest BCUT2D eigenvalue weighted by Crippen LogP contribution is -2.49. The van der Waals surface area contributed by atoms with Crippen molar-refractivity contribution in [1.29, 1.82) is 0 Å². The van der Waals surface area contributed by atoms with E-state index < -0.39 is 11.4 Å². The summed E-state index contributed by atoms with van der Waals surface area (Å²) in [5, 5.41) is 8.92. The Kier molecular flexibility index (Phi) is 1.24. The first-order valence-electron chi connectivity index (χ1n) is 4.03. The second kappa shape index (κ2) is 1.97. The Bertz CT molecular complexity index is 292. The van der Waals surface area contributed by atoms with Gasteiger partial charge in [0, 0.05) is 12.3 Å². The van der Waals surface area contributed by atoms with Crippen molar-refractivity contribution in [2.45, 2.75) is 19.3 Å². The van der Waals surface area contributed by atoms with Gasteiger partial charge in [-0.25, -0.2) is 0 Å². The molecule has 0 radical (unpaired) electrons. The number of carboxylic acid groups (broad SMARTS) is 1. The SMILES string of the molecule is C=C1CC2(C(=O)O)C(=O)CCC12. The highest BCUT2D eigenvalue weighted by molar-refractivity contribution is 6.07. The molecular weight excluding hydrogens is 156 g/mol. The zero-order valence-electron chi connectivity index (χ0n) is 6.67. The number of carboxylic acids is 1. The third kappa shape index (κ3) is 0.578. The van der Waals surface area contributed by atoms with Gasteiger partial charge < -0.3 is 5.11 Å². The molecule has 2 unspecified atom stereocenters. The van der Waals surface area contributed by atoms with Crippen LogP contribution in [0, 0.1) is 11.3 Å². The lowest BCUT2D eigenvalue weighted by molar-refractivity contribution is -0.158. The Labute approximate surface area is 70.1 Å². The highest BCUT2D eigenvalue weighted by atomic mass is 16.4. The Hall–Kier alpha value is -1.12. The molecule has 0 aromatic heterocycles. The molecule has 1 N–H and O–H groups in total. The molecule has 2 rings (SSSR count). The monoisotopic (exact) mass is 166 g/mol. The van der Waals surface area contributed by atoms with Gasteiger partial charge in [-0.2, -0.15) is 0 Å². The summed E-state index contributed by atoms with van der Waals surface area (Å²) in [7, 11) is 0. The van der Waals surface area contributed by atoms with E-state index in [1.165, 1.54) is 0 Å². The van der Waals surface area contributed by atoms with Crippen LogP contribution in [0.25, 0.3) is 0 Å². The minimum Gasteiger partial charge on any atom is -0.480 e. The van der Waals surface area contributed by atoms with Crippen LogP contribution in [0.3, 0.4) is 0 Å². The number of fused-ring (bicyclic) bond motifs is 1. The van der Waals surface area contributed by atoms with Gasteiger partial charge in [-0.05, 0) is 12.8 Å². The number of Topliss-reactive ketones (excluding diaryl/α,β-unsaturated/α-hetero) is 1. The van der Waals surface area contributed by atoms with Gasteiger partial charge in [0.2, 0.25) is 0 Å². The van der Waals surface area contributed by atoms with E-state index in [-0.39, 0.29) is 11.7 Å². The molecule has 12 heavy (non-hydrogen) atoms. The van der Waals surface area contributed by atoms with Crippen LogP contribution in [-0.2, 0) is 9.59 Å². The van der Waals surface area contributed by atoms with Crippen LogP contribution in [-0.4, -0.2) is 16.9 Å². The van der Waals surface area contributed by atoms with Crippen molar-refractivity contribution >= 4 is 11.8 Å². The number of hydrogen-bond donors (Lipinski definition) is 1. The van der Waals surface area contributed by atoms with E-state index in [0.29, 0.717) is 19.3 Å². The van der Waals surface area contributed by atoms with Crippen molar-refractivity contribution in [3.8, 4) is 0 Å². The average Bonchev–Trinajstić information content (AvgIpc) is 2.23. The maximum Gasteiger partial charge on any atom is 0.318 e. The topological polar surface area (TPSA) is 54.4 Å². The van der Waals surface area contributed by atoms with Crippen molar-refractivity contribution in [2.75, 3.05) is 0 Å². The van der Waals surface area contributed by atoms with E-state index in [4.69, 9.17) is 5.11 Å². The minimum atomic E-state index is -1.06. The zero-order chi connectivity index (χ0) is 8.93. The van der Waals surface area contributed by atoms with Crippen LogP contribution in [0.4, 0.5) is 0 Å². The lowest BCUT2D eigenvalue weighted by Gasteiger charge is -2.41. The Morgan fingerprint density at radius 3 is 2.75 bits per heavy atom. The van der Waals surface area contributed by atoms with Gasteiger partial charge in [-0.15, -0.1) is 0 Å². The Balaban J connectivity index is 2.40. The van der Waals surface area contributed by atoms with Crippen LogP contribution in [0.5, 0.6) is 0 Å². The second-order valence-electron chi connectivity index (χ2n) is 3.63. The number of rotatable bonds is 1. The number of ketones is 1. The summed E-state index contributed by atoms with van der Waals surface area (Å²) >= 11 is 0. The molecule has 0 heterocycles. The number of carbonyl (C=O) groups is 2. The molecule has 0 saturated heterocycles. The molecule has 0 aliphatic heterocycles. The van der Waals surface area contributed by atoms with Crippen molar-refractivity contribution in [3.63, 3.8) is 0 Å². The summed E-state index contributed by atoms with van der Waals surface area (Å²) in [5.41, 5.74) is -0.125. The van der Waals surface area contributed by atoms with E-state index in [1.54, 1.807) is 0 Å². The van der Waals surface area contributed by atoms with Crippen LogP contribution in [0.1, 0.15) is 19.3 Å². The van der Waals surface area contributed by atoms with E-state index in [0.717, 1.165) is 5.57 Å². The predicted molar refractivity (Wildman–Crippen MR) is 41.6 cm³/mol. The number of carbonyl (C=O) groups excluding carboxylic acids is 1. The summed E-state index contributed by atoms with van der Waals surface area (Å²) in [5.74, 6) is -1.13. The maximum absolute atomic E-state index is 11.3. The molecular formula is C9H10O3. The van der Waals surface area contributed by atoms with Gasteiger partial charge in [0.15, 0.2) is 5.78 Å². The molecule has 2 aliphatic carbocycles. The van der Waals surface area contributed by atoms with Crippen molar-refractivity contribution < 1.29 is 14.7 Å². The first-order valence-corrected chi connectivity index (χ1v) is 4.03. The fraction of sp³-hybridized carbons (Fsp3) is 0.556. The molecule has 2 aliphatic rings. The molecule has 0 aromatic carbocycles. The second-order valence-corrected chi connectivity index (χ2v) is 3.63. The summed E-state index contributed by atoms with van der Waals surface area (Å²) in [6.07, 6.45) is 1.46. The number of aliphatic carboxylic acids is 1. The summed E-state index contributed by atoms with van der Waals surface area (Å²) < 4.78 is 0. The normalized spacial score (nSPS) is 39.2. The fourth-order valence-corrected chi connectivity index (χ4v) is 2.41. The molecule has 2 atom stereocenters. The van der Waals surface area contributed by atoms with E-state index in [2.05, 4.69) is 6.58 Å². The van der Waals surface area contributed by atoms with Gasteiger partial charge in [-0.1, -0.05) is 12.2 Å². The quantitative estimate of drug-likeness (QED) is 0.467. The fourth-order valence-electron chi connectivity index (χ4n) is 2.41. The smallest absolute Gasteiger partial charge is 0.318 e. The first-order chi connectivity index (χ1) is 5.59. The Morgan fingerprint density at radius 1 is 1.67 bits per heavy atom. The van der Waals surface area contributed by atoms with Gasteiger partial charge in [0.1, 0.15) is 5.41 Å². The number of allylic oxidation sites excluding steroid dienone is 1. The summed E-state index contributed by atoms with van der Waals surface area (Å²) in [6.45, 7) is 3.75. The highest BCUT2D eigenvalue weighted by Gasteiger charge is 2.63. The minimum absolute atomic E-state index is 0.0671. The van der Waals surface area contributed by atoms with E-state index in [9.17, 15) is 9.59 Å². The summed E-state index contributed by atoms with van der Waals surface area (Å²) in [4.78, 5) is 22.2. The first kappa shape index (κ1) is 7.53. The molecule has 0 spiro atoms. The Morgan fingerprint density at radius 2 is 2.33 bits per heavy atom. The number of hydrogen-bond acceptors (Lipinski definition) is 2. The largest absolute Gasteiger partial charge is 0.480 e. The summed E-state index contributed by atoms with van der Waals surface area (Å²) in [6, 6.07) is 0. The third-order valence-corrected chi connectivity index (χ3v) is 3.13.